The number of pyridine rings is 1. The lowest BCUT2D eigenvalue weighted by Crippen LogP contribution is -2.13. The Hall–Kier alpha value is -3.10. The highest BCUT2D eigenvalue weighted by Gasteiger charge is 2.13. The van der Waals surface area contributed by atoms with Gasteiger partial charge in [0.25, 0.3) is 5.91 Å². The van der Waals surface area contributed by atoms with Crippen LogP contribution in [0.25, 0.3) is 16.4 Å². The summed E-state index contributed by atoms with van der Waals surface area (Å²) in [5, 5.41) is 10.2. The van der Waals surface area contributed by atoms with Gasteiger partial charge >= 0.3 is 0 Å². The van der Waals surface area contributed by atoms with Crippen LogP contribution in [-0.4, -0.2) is 25.7 Å². The highest BCUT2D eigenvalue weighted by molar-refractivity contribution is 7.13. The Kier molecular flexibility index (Phi) is 4.66. The number of amides is 1. The number of halogens is 2. The number of anilines is 1. The van der Waals surface area contributed by atoms with Gasteiger partial charge in [-0.1, -0.05) is 11.6 Å². The molecule has 1 amide bonds. The van der Waals surface area contributed by atoms with Gasteiger partial charge in [-0.2, -0.15) is 5.10 Å². The molecule has 0 unspecified atom stereocenters. The third kappa shape index (κ3) is 3.57. The molecule has 27 heavy (non-hydrogen) atoms. The van der Waals surface area contributed by atoms with Crippen molar-refractivity contribution in [1.82, 2.24) is 19.7 Å². The topological polar surface area (TPSA) is 72.7 Å². The molecular formula is C18H11ClFN5OS. The minimum absolute atomic E-state index is 0.0720. The second kappa shape index (κ2) is 7.26. The van der Waals surface area contributed by atoms with Crippen molar-refractivity contribution in [1.29, 1.82) is 0 Å². The third-order valence-corrected chi connectivity index (χ3v) is 4.77. The van der Waals surface area contributed by atoms with Gasteiger partial charge in [0.15, 0.2) is 5.82 Å². The van der Waals surface area contributed by atoms with Crippen LogP contribution in [0.3, 0.4) is 0 Å². The summed E-state index contributed by atoms with van der Waals surface area (Å²) in [6, 6.07) is 9.94. The average molecular weight is 400 g/mol. The van der Waals surface area contributed by atoms with Crippen molar-refractivity contribution in [2.45, 2.75) is 0 Å². The zero-order valence-electron chi connectivity index (χ0n) is 13.6. The summed E-state index contributed by atoms with van der Waals surface area (Å²) in [7, 11) is 0. The van der Waals surface area contributed by atoms with Gasteiger partial charge in [-0.3, -0.25) is 9.78 Å². The summed E-state index contributed by atoms with van der Waals surface area (Å²) in [5.74, 6) is -1.23. The summed E-state index contributed by atoms with van der Waals surface area (Å²) in [4.78, 5) is 20.0. The Balaban J connectivity index is 1.55. The van der Waals surface area contributed by atoms with E-state index in [9.17, 15) is 9.18 Å². The predicted molar refractivity (Wildman–Crippen MR) is 102 cm³/mol. The van der Waals surface area contributed by atoms with Crippen LogP contribution in [0, 0.1) is 5.82 Å². The van der Waals surface area contributed by atoms with Gasteiger partial charge in [-0.15, -0.1) is 11.3 Å². The maximum absolute atomic E-state index is 13.6. The molecule has 0 spiro atoms. The predicted octanol–water partition coefficient (Wildman–Crippen LogP) is 4.44. The first-order valence-corrected chi connectivity index (χ1v) is 9.04. The van der Waals surface area contributed by atoms with Crippen molar-refractivity contribution in [3.05, 3.63) is 76.9 Å². The van der Waals surface area contributed by atoms with E-state index < -0.39 is 11.7 Å². The van der Waals surface area contributed by atoms with Crippen LogP contribution in [-0.2, 0) is 0 Å². The van der Waals surface area contributed by atoms with Gasteiger partial charge in [0.2, 0.25) is 0 Å². The lowest BCUT2D eigenvalue weighted by Gasteiger charge is -2.08. The van der Waals surface area contributed by atoms with Crippen molar-refractivity contribution in [2.75, 3.05) is 5.32 Å². The maximum Gasteiger partial charge on any atom is 0.258 e. The standard InChI is InChI=1S/C18H11ClFN5OS/c19-16-9-15(18-22-7-8-27-18)24-25(16)12-3-1-11(2-4-12)23-17(26)13-5-6-21-10-14(13)20/h1-10H,(H,23,26). The highest BCUT2D eigenvalue weighted by atomic mass is 35.5. The number of hydrogen-bond acceptors (Lipinski definition) is 5. The van der Waals surface area contributed by atoms with E-state index in [0.29, 0.717) is 16.5 Å². The second-order valence-electron chi connectivity index (χ2n) is 5.46. The fourth-order valence-corrected chi connectivity index (χ4v) is 3.27. The summed E-state index contributed by atoms with van der Waals surface area (Å²) in [6.07, 6.45) is 4.06. The highest BCUT2D eigenvalue weighted by Crippen LogP contribution is 2.26. The number of hydrogen-bond donors (Lipinski definition) is 1. The van der Waals surface area contributed by atoms with Crippen LogP contribution >= 0.6 is 22.9 Å². The number of rotatable bonds is 4. The molecule has 1 aromatic carbocycles. The summed E-state index contributed by atoms with van der Waals surface area (Å²) in [5.41, 5.74) is 1.84. The first kappa shape index (κ1) is 17.3. The van der Waals surface area contributed by atoms with Crippen LogP contribution in [0.5, 0.6) is 0 Å². The van der Waals surface area contributed by atoms with Crippen molar-refractivity contribution < 1.29 is 9.18 Å². The molecule has 4 aromatic rings. The molecule has 9 heteroatoms. The van der Waals surface area contributed by atoms with Crippen LogP contribution in [0.15, 0.2) is 60.4 Å². The Labute approximate surface area is 162 Å². The molecule has 0 fully saturated rings. The van der Waals surface area contributed by atoms with Crippen LogP contribution in [0.2, 0.25) is 5.15 Å². The number of nitrogens with one attached hydrogen (secondary N) is 1. The van der Waals surface area contributed by atoms with Gasteiger partial charge in [0, 0.05) is 29.5 Å². The molecule has 3 heterocycles. The molecule has 0 aliphatic heterocycles. The Morgan fingerprint density at radius 2 is 2.00 bits per heavy atom. The Morgan fingerprint density at radius 3 is 2.70 bits per heavy atom. The molecule has 0 saturated carbocycles. The molecule has 0 radical (unpaired) electrons. The zero-order valence-corrected chi connectivity index (χ0v) is 15.2. The van der Waals surface area contributed by atoms with Crippen molar-refractivity contribution in [2.24, 2.45) is 0 Å². The number of aromatic nitrogens is 4. The van der Waals surface area contributed by atoms with E-state index in [4.69, 9.17) is 11.6 Å². The summed E-state index contributed by atoms with van der Waals surface area (Å²) < 4.78 is 15.2. The fourth-order valence-electron chi connectivity index (χ4n) is 2.44. The van der Waals surface area contributed by atoms with Gasteiger partial charge in [0.1, 0.15) is 15.9 Å². The largest absolute Gasteiger partial charge is 0.322 e. The van der Waals surface area contributed by atoms with Gasteiger partial charge < -0.3 is 5.32 Å². The normalized spacial score (nSPS) is 10.7. The van der Waals surface area contributed by atoms with Gasteiger partial charge in [-0.05, 0) is 30.3 Å². The molecule has 0 bridgehead atoms. The second-order valence-corrected chi connectivity index (χ2v) is 6.74. The van der Waals surface area contributed by atoms with Crippen LogP contribution in [0.1, 0.15) is 10.4 Å². The van der Waals surface area contributed by atoms with Crippen molar-refractivity contribution >= 4 is 34.5 Å². The molecule has 0 saturated heterocycles. The number of thiazole rings is 1. The summed E-state index contributed by atoms with van der Waals surface area (Å²) in [6.45, 7) is 0. The Bertz CT molecular complexity index is 1100. The van der Waals surface area contributed by atoms with E-state index in [2.05, 4.69) is 20.4 Å². The average Bonchev–Trinajstić information content (AvgIpc) is 3.32. The van der Waals surface area contributed by atoms with E-state index in [1.165, 1.54) is 23.6 Å². The summed E-state index contributed by atoms with van der Waals surface area (Å²) >= 11 is 7.75. The molecule has 134 valence electrons. The van der Waals surface area contributed by atoms with Gasteiger partial charge in [0.05, 0.1) is 17.4 Å². The van der Waals surface area contributed by atoms with E-state index in [1.807, 2.05) is 5.38 Å². The SMILES string of the molecule is O=C(Nc1ccc(-n2nc(-c3nccs3)cc2Cl)cc1)c1ccncc1F. The number of nitrogens with zero attached hydrogens (tertiary/aromatic N) is 4. The van der Waals surface area contributed by atoms with E-state index in [0.717, 1.165) is 16.9 Å². The Morgan fingerprint density at radius 1 is 1.19 bits per heavy atom. The lowest BCUT2D eigenvalue weighted by atomic mass is 10.2. The molecule has 4 rings (SSSR count). The third-order valence-electron chi connectivity index (χ3n) is 3.70. The lowest BCUT2D eigenvalue weighted by molar-refractivity contribution is 0.102. The van der Waals surface area contributed by atoms with E-state index in [-0.39, 0.29) is 5.56 Å². The minimum atomic E-state index is -0.676. The monoisotopic (exact) mass is 399 g/mol. The minimum Gasteiger partial charge on any atom is -0.322 e. The smallest absolute Gasteiger partial charge is 0.258 e. The molecule has 3 aromatic heterocycles. The fraction of sp³-hybridized carbons (Fsp3) is 0. The maximum atomic E-state index is 13.6. The molecule has 0 aliphatic rings. The number of carbonyl (C=O) groups excluding carboxylic acids is 1. The molecule has 0 atom stereocenters. The molecule has 0 aliphatic carbocycles. The molecule has 1 N–H and O–H groups in total. The van der Waals surface area contributed by atoms with E-state index >= 15 is 0 Å². The first-order valence-electron chi connectivity index (χ1n) is 7.78. The van der Waals surface area contributed by atoms with E-state index in [1.54, 1.807) is 41.2 Å². The quantitative estimate of drug-likeness (QED) is 0.550. The number of benzene rings is 1. The van der Waals surface area contributed by atoms with Crippen molar-refractivity contribution in [3.63, 3.8) is 0 Å². The van der Waals surface area contributed by atoms with Gasteiger partial charge in [-0.25, -0.2) is 14.1 Å². The zero-order chi connectivity index (χ0) is 18.8. The number of carbonyl (C=O) groups is 1. The van der Waals surface area contributed by atoms with Crippen molar-refractivity contribution in [3.8, 4) is 16.4 Å². The molecular weight excluding hydrogens is 389 g/mol. The first-order chi connectivity index (χ1) is 13.1. The molecule has 6 nitrogen and oxygen atoms in total. The van der Waals surface area contributed by atoms with Crippen LogP contribution < -0.4 is 5.32 Å². The van der Waals surface area contributed by atoms with Crippen LogP contribution in [0.4, 0.5) is 10.1 Å².